The first-order valence-electron chi connectivity index (χ1n) is 10.2. The van der Waals surface area contributed by atoms with Crippen LogP contribution in [0.1, 0.15) is 29.6 Å². The second kappa shape index (κ2) is 7.32. The molecule has 1 aliphatic heterocycles. The minimum atomic E-state index is -0.971. The Morgan fingerprint density at radius 1 is 1.20 bits per heavy atom. The van der Waals surface area contributed by atoms with Crippen molar-refractivity contribution in [3.8, 4) is 11.4 Å². The number of fused-ring (bicyclic) bond motifs is 1. The molecule has 0 amide bonds. The average Bonchev–Trinajstić information content (AvgIpc) is 3.38. The van der Waals surface area contributed by atoms with Crippen LogP contribution in [0.2, 0.25) is 0 Å². The van der Waals surface area contributed by atoms with Crippen LogP contribution in [0, 0.1) is 11.3 Å². The van der Waals surface area contributed by atoms with E-state index >= 15 is 0 Å². The Labute approximate surface area is 182 Å². The van der Waals surface area contributed by atoms with Gasteiger partial charge in [0, 0.05) is 29.0 Å². The third-order valence-electron chi connectivity index (χ3n) is 6.27. The molecule has 7 heteroatoms. The third kappa shape index (κ3) is 3.36. The highest BCUT2D eigenvalue weighted by molar-refractivity contribution is 9.10. The predicted octanol–water partition coefficient (Wildman–Crippen LogP) is 4.12. The summed E-state index contributed by atoms with van der Waals surface area (Å²) in [6.45, 7) is 1.97. The van der Waals surface area contributed by atoms with Crippen molar-refractivity contribution in [2.24, 2.45) is 11.3 Å². The van der Waals surface area contributed by atoms with Gasteiger partial charge in [0.2, 0.25) is 0 Å². The Balaban J connectivity index is 1.68. The van der Waals surface area contributed by atoms with Crippen LogP contribution >= 0.6 is 15.9 Å². The van der Waals surface area contributed by atoms with Gasteiger partial charge in [0.25, 0.3) is 0 Å². The van der Waals surface area contributed by atoms with Crippen LogP contribution in [-0.2, 0) is 11.3 Å². The Morgan fingerprint density at radius 2 is 1.97 bits per heavy atom. The van der Waals surface area contributed by atoms with E-state index in [1.807, 2.05) is 24.3 Å². The number of carboxylic acid groups (broad SMARTS) is 1. The summed E-state index contributed by atoms with van der Waals surface area (Å²) < 4.78 is 3.03. The molecule has 1 saturated heterocycles. The molecule has 1 aromatic heterocycles. The van der Waals surface area contributed by atoms with Crippen molar-refractivity contribution in [3.05, 3.63) is 52.5 Å². The van der Waals surface area contributed by atoms with Gasteiger partial charge in [0.1, 0.15) is 11.6 Å². The lowest BCUT2D eigenvalue weighted by Crippen LogP contribution is -2.39. The van der Waals surface area contributed by atoms with E-state index in [0.717, 1.165) is 52.7 Å². The van der Waals surface area contributed by atoms with Crippen molar-refractivity contribution in [3.63, 3.8) is 0 Å². The van der Waals surface area contributed by atoms with Crippen LogP contribution in [0.3, 0.4) is 0 Å². The lowest BCUT2D eigenvalue weighted by atomic mass is 9.80. The lowest BCUT2D eigenvalue weighted by molar-refractivity contribution is -0.129. The minimum Gasteiger partial charge on any atom is -0.478 e. The molecule has 1 atom stereocenters. The fourth-order valence-electron chi connectivity index (χ4n) is 4.48. The van der Waals surface area contributed by atoms with Gasteiger partial charge < -0.3 is 15.0 Å². The summed E-state index contributed by atoms with van der Waals surface area (Å²) in [5, 5.41) is 12.9. The van der Waals surface area contributed by atoms with Crippen molar-refractivity contribution in [2.75, 3.05) is 13.1 Å². The molecule has 6 nitrogen and oxygen atoms in total. The van der Waals surface area contributed by atoms with Gasteiger partial charge in [-0.25, -0.2) is 9.78 Å². The summed E-state index contributed by atoms with van der Waals surface area (Å²) in [7, 11) is 0. The summed E-state index contributed by atoms with van der Waals surface area (Å²) in [5.41, 5.74) is 2.17. The average molecular weight is 468 g/mol. The van der Waals surface area contributed by atoms with E-state index in [1.54, 1.807) is 18.2 Å². The molecule has 2 fully saturated rings. The Morgan fingerprint density at radius 3 is 2.60 bits per heavy atom. The van der Waals surface area contributed by atoms with Gasteiger partial charge in [0.15, 0.2) is 0 Å². The van der Waals surface area contributed by atoms with Gasteiger partial charge in [-0.2, -0.15) is 0 Å². The van der Waals surface area contributed by atoms with Gasteiger partial charge in [0.05, 0.1) is 22.0 Å². The van der Waals surface area contributed by atoms with Crippen LogP contribution in [0.15, 0.2) is 46.9 Å². The van der Waals surface area contributed by atoms with Crippen LogP contribution in [0.25, 0.3) is 22.4 Å². The number of nitrogens with one attached hydrogen (secondary N) is 1. The lowest BCUT2D eigenvalue weighted by Gasteiger charge is -2.28. The number of hydrogen-bond donors (Lipinski definition) is 2. The Kier molecular flexibility index (Phi) is 4.75. The van der Waals surface area contributed by atoms with Crippen LogP contribution < -0.4 is 5.32 Å². The number of imidazole rings is 1. The summed E-state index contributed by atoms with van der Waals surface area (Å²) >= 11 is 3.47. The summed E-state index contributed by atoms with van der Waals surface area (Å²) in [6.07, 6.45) is 2.75. The number of ketones is 1. The predicted molar refractivity (Wildman–Crippen MR) is 117 cm³/mol. The van der Waals surface area contributed by atoms with Gasteiger partial charge in [-0.1, -0.05) is 28.1 Å². The molecular weight excluding hydrogens is 446 g/mol. The molecule has 2 aliphatic rings. The van der Waals surface area contributed by atoms with E-state index in [2.05, 4.69) is 25.8 Å². The number of nitrogens with zero attached hydrogens (tertiary/aromatic N) is 2. The maximum absolute atomic E-state index is 13.3. The SMILES string of the molecule is O=C(O)c1ccc2nc(-c3ccc(Br)cc3)n(C[C@]3(C(=O)C4CC4)CCNC3)c2c1. The zero-order valence-electron chi connectivity index (χ0n) is 16.4. The molecule has 0 bridgehead atoms. The molecule has 3 aromatic rings. The van der Waals surface area contributed by atoms with Gasteiger partial charge in [-0.15, -0.1) is 0 Å². The maximum atomic E-state index is 13.3. The summed E-state index contributed by atoms with van der Waals surface area (Å²) in [5.74, 6) is 0.298. The van der Waals surface area contributed by atoms with Gasteiger partial charge in [-0.3, -0.25) is 4.79 Å². The van der Waals surface area contributed by atoms with Crippen LogP contribution in [0.5, 0.6) is 0 Å². The number of carbonyl (C=O) groups is 2. The second-order valence-electron chi connectivity index (χ2n) is 8.38. The molecule has 2 heterocycles. The molecule has 0 spiro atoms. The summed E-state index contributed by atoms with van der Waals surface area (Å²) in [6, 6.07) is 12.9. The number of hydrogen-bond acceptors (Lipinski definition) is 4. The first-order chi connectivity index (χ1) is 14.5. The zero-order chi connectivity index (χ0) is 20.9. The van der Waals surface area contributed by atoms with Crippen molar-refractivity contribution in [1.29, 1.82) is 0 Å². The number of carboxylic acids is 1. The molecule has 2 aromatic carbocycles. The molecule has 30 heavy (non-hydrogen) atoms. The molecule has 0 unspecified atom stereocenters. The van der Waals surface area contributed by atoms with Crippen LogP contribution in [0.4, 0.5) is 0 Å². The number of aromatic nitrogens is 2. The number of carbonyl (C=O) groups excluding carboxylic acids is 1. The van der Waals surface area contributed by atoms with Crippen molar-refractivity contribution < 1.29 is 14.7 Å². The van der Waals surface area contributed by atoms with E-state index in [4.69, 9.17) is 4.98 Å². The van der Waals surface area contributed by atoms with E-state index < -0.39 is 11.4 Å². The highest BCUT2D eigenvalue weighted by atomic mass is 79.9. The largest absolute Gasteiger partial charge is 0.478 e. The van der Waals surface area contributed by atoms with E-state index in [9.17, 15) is 14.7 Å². The van der Waals surface area contributed by atoms with Crippen molar-refractivity contribution >= 4 is 38.7 Å². The van der Waals surface area contributed by atoms with Crippen molar-refractivity contribution in [1.82, 2.24) is 14.9 Å². The van der Waals surface area contributed by atoms with Gasteiger partial charge >= 0.3 is 5.97 Å². The van der Waals surface area contributed by atoms with Crippen LogP contribution in [-0.4, -0.2) is 39.5 Å². The number of Topliss-reactive ketones (excluding diaryl/α,β-unsaturated/α-hetero) is 1. The fraction of sp³-hybridized carbons (Fsp3) is 0.348. The number of benzene rings is 2. The quantitative estimate of drug-likeness (QED) is 0.569. The standard InChI is InChI=1S/C23H22BrN3O3/c24-17-6-3-15(4-7-17)21-26-18-8-5-16(22(29)30)11-19(18)27(21)13-23(9-10-25-12-23)20(28)14-1-2-14/h3-8,11,14,25H,1-2,9-10,12-13H2,(H,29,30)/t23-/m0/s1. The molecule has 5 rings (SSSR count). The molecule has 154 valence electrons. The highest BCUT2D eigenvalue weighted by Crippen LogP contribution is 2.42. The van der Waals surface area contributed by atoms with E-state index in [0.29, 0.717) is 18.9 Å². The fourth-order valence-corrected chi connectivity index (χ4v) is 4.75. The monoisotopic (exact) mass is 467 g/mol. The number of aromatic carboxylic acids is 1. The molecule has 0 radical (unpaired) electrons. The zero-order valence-corrected chi connectivity index (χ0v) is 18.0. The Hall–Kier alpha value is -2.51. The molecular formula is C23H22BrN3O3. The number of rotatable bonds is 6. The maximum Gasteiger partial charge on any atom is 0.335 e. The number of halogens is 1. The minimum absolute atomic E-state index is 0.172. The van der Waals surface area contributed by atoms with Gasteiger partial charge in [-0.05, 0) is 56.1 Å². The molecule has 1 saturated carbocycles. The first-order valence-corrected chi connectivity index (χ1v) is 11.0. The molecule has 2 N–H and O–H groups in total. The van der Waals surface area contributed by atoms with E-state index in [-0.39, 0.29) is 11.5 Å². The normalized spacial score (nSPS) is 21.2. The third-order valence-corrected chi connectivity index (χ3v) is 6.80. The Bertz CT molecular complexity index is 1140. The van der Waals surface area contributed by atoms with E-state index in [1.165, 1.54) is 0 Å². The topological polar surface area (TPSA) is 84.2 Å². The summed E-state index contributed by atoms with van der Waals surface area (Å²) in [4.78, 5) is 29.7. The first kappa shape index (κ1) is 19.5. The highest BCUT2D eigenvalue weighted by Gasteiger charge is 2.48. The smallest absolute Gasteiger partial charge is 0.335 e. The molecule has 1 aliphatic carbocycles. The second-order valence-corrected chi connectivity index (χ2v) is 9.30. The van der Waals surface area contributed by atoms with Crippen molar-refractivity contribution in [2.45, 2.75) is 25.8 Å².